The van der Waals surface area contributed by atoms with Crippen LogP contribution in [0.5, 0.6) is 0 Å². The number of rotatable bonds is 4. The lowest BCUT2D eigenvalue weighted by Gasteiger charge is -2.13. The molecule has 14 heavy (non-hydrogen) atoms. The molecule has 0 bridgehead atoms. The lowest BCUT2D eigenvalue weighted by Crippen LogP contribution is -2.34. The number of hydrogen-bond acceptors (Lipinski definition) is 2. The molecule has 3 nitrogen and oxygen atoms in total. The van der Waals surface area contributed by atoms with Gasteiger partial charge in [-0.05, 0) is 19.9 Å². The van der Waals surface area contributed by atoms with E-state index in [1.807, 2.05) is 7.05 Å². The minimum absolute atomic E-state index is 0.266. The van der Waals surface area contributed by atoms with E-state index < -0.39 is 0 Å². The van der Waals surface area contributed by atoms with E-state index in [1.54, 1.807) is 0 Å². The minimum Gasteiger partial charge on any atom is -0.355 e. The van der Waals surface area contributed by atoms with Crippen molar-refractivity contribution in [3.63, 3.8) is 0 Å². The first-order valence-corrected chi connectivity index (χ1v) is 5.77. The van der Waals surface area contributed by atoms with Crippen LogP contribution in [0.2, 0.25) is 0 Å². The lowest BCUT2D eigenvalue weighted by atomic mass is 9.99. The van der Waals surface area contributed by atoms with Crippen LogP contribution in [0.4, 0.5) is 0 Å². The molecule has 1 rings (SSSR count). The zero-order chi connectivity index (χ0) is 10.2. The Hall–Kier alpha value is -0.570. The van der Waals surface area contributed by atoms with Crippen molar-refractivity contribution in [3.05, 3.63) is 0 Å². The SMILES string of the molecule is CNCCNC(=O)C1CCCCCC1. The van der Waals surface area contributed by atoms with E-state index in [4.69, 9.17) is 0 Å². The second-order valence-corrected chi connectivity index (χ2v) is 4.08. The Morgan fingerprint density at radius 3 is 2.36 bits per heavy atom. The fraction of sp³-hybridized carbons (Fsp3) is 0.909. The third kappa shape index (κ3) is 4.09. The van der Waals surface area contributed by atoms with Crippen LogP contribution in [-0.2, 0) is 4.79 Å². The molecule has 2 N–H and O–H groups in total. The third-order valence-electron chi connectivity index (χ3n) is 2.90. The van der Waals surface area contributed by atoms with Gasteiger partial charge in [0.2, 0.25) is 5.91 Å². The highest BCUT2D eigenvalue weighted by Gasteiger charge is 2.18. The van der Waals surface area contributed by atoms with E-state index in [2.05, 4.69) is 10.6 Å². The van der Waals surface area contributed by atoms with Crippen molar-refractivity contribution in [3.8, 4) is 0 Å². The Bertz CT molecular complexity index is 163. The predicted octanol–water partition coefficient (Wildman–Crippen LogP) is 1.29. The number of carbonyl (C=O) groups excluding carboxylic acids is 1. The zero-order valence-electron chi connectivity index (χ0n) is 9.14. The molecule has 0 aromatic heterocycles. The smallest absolute Gasteiger partial charge is 0.223 e. The van der Waals surface area contributed by atoms with E-state index in [1.165, 1.54) is 25.7 Å². The second kappa shape index (κ2) is 6.82. The molecule has 0 unspecified atom stereocenters. The van der Waals surface area contributed by atoms with Crippen LogP contribution >= 0.6 is 0 Å². The lowest BCUT2D eigenvalue weighted by molar-refractivity contribution is -0.125. The molecule has 1 amide bonds. The van der Waals surface area contributed by atoms with Crippen molar-refractivity contribution in [2.75, 3.05) is 20.1 Å². The maximum Gasteiger partial charge on any atom is 0.223 e. The molecule has 0 atom stereocenters. The Kier molecular flexibility index (Phi) is 5.60. The molecule has 0 saturated heterocycles. The Morgan fingerprint density at radius 2 is 1.79 bits per heavy atom. The summed E-state index contributed by atoms with van der Waals surface area (Å²) in [7, 11) is 1.90. The first-order valence-electron chi connectivity index (χ1n) is 5.77. The first-order chi connectivity index (χ1) is 6.84. The van der Waals surface area contributed by atoms with Crippen LogP contribution in [0.25, 0.3) is 0 Å². The van der Waals surface area contributed by atoms with Crippen LogP contribution in [0.1, 0.15) is 38.5 Å². The van der Waals surface area contributed by atoms with E-state index >= 15 is 0 Å². The summed E-state index contributed by atoms with van der Waals surface area (Å²) in [5.74, 6) is 0.552. The van der Waals surface area contributed by atoms with Gasteiger partial charge in [-0.3, -0.25) is 4.79 Å². The average Bonchev–Trinajstić information content (AvgIpc) is 2.46. The predicted molar refractivity (Wildman–Crippen MR) is 58.1 cm³/mol. The summed E-state index contributed by atoms with van der Waals surface area (Å²) in [6, 6.07) is 0. The summed E-state index contributed by atoms with van der Waals surface area (Å²) in [6.45, 7) is 1.62. The fourth-order valence-electron chi connectivity index (χ4n) is 2.00. The van der Waals surface area contributed by atoms with Crippen LogP contribution in [0.3, 0.4) is 0 Å². The number of likely N-dealkylation sites (N-methyl/N-ethyl adjacent to an activating group) is 1. The van der Waals surface area contributed by atoms with Gasteiger partial charge in [-0.15, -0.1) is 0 Å². The summed E-state index contributed by atoms with van der Waals surface area (Å²) < 4.78 is 0. The van der Waals surface area contributed by atoms with Gasteiger partial charge < -0.3 is 10.6 Å². The molecule has 82 valence electrons. The molecule has 0 heterocycles. The molecule has 1 aliphatic carbocycles. The fourth-order valence-corrected chi connectivity index (χ4v) is 2.00. The summed E-state index contributed by atoms with van der Waals surface area (Å²) >= 11 is 0. The molecular formula is C11H22N2O. The van der Waals surface area contributed by atoms with Gasteiger partial charge in [-0.25, -0.2) is 0 Å². The molecule has 0 aromatic rings. The van der Waals surface area contributed by atoms with E-state index in [9.17, 15) is 4.79 Å². The van der Waals surface area contributed by atoms with Crippen molar-refractivity contribution in [2.45, 2.75) is 38.5 Å². The summed E-state index contributed by atoms with van der Waals surface area (Å²) in [5.41, 5.74) is 0. The van der Waals surface area contributed by atoms with Crippen LogP contribution in [-0.4, -0.2) is 26.0 Å². The molecule has 1 fully saturated rings. The van der Waals surface area contributed by atoms with Crippen LogP contribution < -0.4 is 10.6 Å². The molecule has 1 saturated carbocycles. The van der Waals surface area contributed by atoms with Gasteiger partial charge in [0, 0.05) is 19.0 Å². The highest BCUT2D eigenvalue weighted by molar-refractivity contribution is 5.78. The molecule has 0 radical (unpaired) electrons. The normalized spacial score (nSPS) is 18.9. The number of amides is 1. The highest BCUT2D eigenvalue weighted by atomic mass is 16.1. The third-order valence-corrected chi connectivity index (χ3v) is 2.90. The summed E-state index contributed by atoms with van der Waals surface area (Å²) in [6.07, 6.45) is 7.24. The molecule has 3 heteroatoms. The van der Waals surface area contributed by atoms with E-state index in [0.29, 0.717) is 0 Å². The Labute approximate surface area is 86.6 Å². The second-order valence-electron chi connectivity index (χ2n) is 4.08. The molecule has 0 spiro atoms. The summed E-state index contributed by atoms with van der Waals surface area (Å²) in [4.78, 5) is 11.7. The largest absolute Gasteiger partial charge is 0.355 e. The van der Waals surface area contributed by atoms with E-state index in [-0.39, 0.29) is 11.8 Å². The maximum atomic E-state index is 11.7. The molecule has 0 aliphatic heterocycles. The Morgan fingerprint density at radius 1 is 1.14 bits per heavy atom. The van der Waals surface area contributed by atoms with Crippen molar-refractivity contribution in [1.82, 2.24) is 10.6 Å². The van der Waals surface area contributed by atoms with Gasteiger partial charge in [0.15, 0.2) is 0 Å². The standard InChI is InChI=1S/C11H22N2O/c1-12-8-9-13-11(14)10-6-4-2-3-5-7-10/h10,12H,2-9H2,1H3,(H,13,14). The number of nitrogens with one attached hydrogen (secondary N) is 2. The van der Waals surface area contributed by atoms with Crippen molar-refractivity contribution in [2.24, 2.45) is 5.92 Å². The van der Waals surface area contributed by atoms with Crippen molar-refractivity contribution in [1.29, 1.82) is 0 Å². The highest BCUT2D eigenvalue weighted by Crippen LogP contribution is 2.22. The van der Waals surface area contributed by atoms with E-state index in [0.717, 1.165) is 25.9 Å². The van der Waals surface area contributed by atoms with Gasteiger partial charge in [-0.2, -0.15) is 0 Å². The maximum absolute atomic E-state index is 11.7. The molecule has 1 aliphatic rings. The first kappa shape index (κ1) is 11.5. The topological polar surface area (TPSA) is 41.1 Å². The quantitative estimate of drug-likeness (QED) is 0.528. The minimum atomic E-state index is 0.266. The molecule has 0 aromatic carbocycles. The van der Waals surface area contributed by atoms with Crippen molar-refractivity contribution < 1.29 is 4.79 Å². The van der Waals surface area contributed by atoms with Crippen molar-refractivity contribution >= 4 is 5.91 Å². The van der Waals surface area contributed by atoms with Gasteiger partial charge in [0.05, 0.1) is 0 Å². The van der Waals surface area contributed by atoms with Crippen LogP contribution in [0.15, 0.2) is 0 Å². The van der Waals surface area contributed by atoms with Gasteiger partial charge in [-0.1, -0.05) is 25.7 Å². The Balaban J connectivity index is 2.20. The number of carbonyl (C=O) groups is 1. The van der Waals surface area contributed by atoms with Gasteiger partial charge in [0.1, 0.15) is 0 Å². The summed E-state index contributed by atoms with van der Waals surface area (Å²) in [5, 5.41) is 6.00. The number of hydrogen-bond donors (Lipinski definition) is 2. The zero-order valence-corrected chi connectivity index (χ0v) is 9.14. The monoisotopic (exact) mass is 198 g/mol. The van der Waals surface area contributed by atoms with Gasteiger partial charge in [0.25, 0.3) is 0 Å². The molecular weight excluding hydrogens is 176 g/mol. The van der Waals surface area contributed by atoms with Crippen LogP contribution in [0, 0.1) is 5.92 Å². The average molecular weight is 198 g/mol. The van der Waals surface area contributed by atoms with Gasteiger partial charge >= 0.3 is 0 Å².